The Bertz CT molecular complexity index is 664. The summed E-state index contributed by atoms with van der Waals surface area (Å²) in [6.45, 7) is 9.00. The van der Waals surface area contributed by atoms with Crippen LogP contribution in [0.3, 0.4) is 0 Å². The van der Waals surface area contributed by atoms with Gasteiger partial charge in [-0.2, -0.15) is 5.26 Å². The molecule has 0 fully saturated rings. The molecule has 1 N–H and O–H groups in total. The summed E-state index contributed by atoms with van der Waals surface area (Å²) in [4.78, 5) is 24.3. The van der Waals surface area contributed by atoms with E-state index in [-0.39, 0.29) is 11.7 Å². The highest BCUT2D eigenvalue weighted by Gasteiger charge is 2.25. The number of hydrogen-bond acceptors (Lipinski definition) is 4. The molecular formula is C19H24N2O3. The molecule has 0 saturated carbocycles. The van der Waals surface area contributed by atoms with E-state index in [0.717, 1.165) is 5.56 Å². The number of nitriles is 1. The third kappa shape index (κ3) is 6.66. The fourth-order valence-electron chi connectivity index (χ4n) is 1.99. The third-order valence-electron chi connectivity index (χ3n) is 3.10. The summed E-state index contributed by atoms with van der Waals surface area (Å²) in [5, 5.41) is 11.5. The number of amides is 1. The number of nitrogens with zero attached hydrogens (tertiary/aromatic N) is 1. The van der Waals surface area contributed by atoms with E-state index >= 15 is 0 Å². The molecule has 5 nitrogen and oxygen atoms in total. The fraction of sp³-hybridized carbons (Fsp3) is 0.421. The molecule has 0 aliphatic rings. The number of hydrogen-bond donors (Lipinski definition) is 1. The Labute approximate surface area is 143 Å². The number of carbonyl (C=O) groups is 2. The van der Waals surface area contributed by atoms with Crippen LogP contribution < -0.4 is 5.32 Å². The minimum absolute atomic E-state index is 0.0832. The van der Waals surface area contributed by atoms with E-state index in [0.29, 0.717) is 5.56 Å². The molecule has 0 aliphatic carbocycles. The Morgan fingerprint density at radius 2 is 1.96 bits per heavy atom. The minimum Gasteiger partial charge on any atom is -0.444 e. The average molecular weight is 328 g/mol. The Morgan fingerprint density at radius 1 is 1.29 bits per heavy atom. The van der Waals surface area contributed by atoms with Gasteiger partial charge < -0.3 is 10.1 Å². The lowest BCUT2D eigenvalue weighted by atomic mass is 9.99. The van der Waals surface area contributed by atoms with Gasteiger partial charge in [-0.05, 0) is 50.5 Å². The molecule has 0 aromatic heterocycles. The van der Waals surface area contributed by atoms with Gasteiger partial charge in [-0.1, -0.05) is 32.1 Å². The predicted molar refractivity (Wildman–Crippen MR) is 93.2 cm³/mol. The summed E-state index contributed by atoms with van der Waals surface area (Å²) in [5.41, 5.74) is 0.654. The smallest absolute Gasteiger partial charge is 0.408 e. The van der Waals surface area contributed by atoms with E-state index in [1.54, 1.807) is 51.1 Å². The second-order valence-electron chi connectivity index (χ2n) is 6.84. The van der Waals surface area contributed by atoms with E-state index in [1.165, 1.54) is 6.08 Å². The summed E-state index contributed by atoms with van der Waals surface area (Å²) in [5.74, 6) is -0.307. The molecule has 1 rings (SSSR count). The summed E-state index contributed by atoms with van der Waals surface area (Å²) in [6, 6.07) is 8.32. The molecule has 0 heterocycles. The number of carbonyl (C=O) groups excluding carboxylic acids is 2. The van der Waals surface area contributed by atoms with E-state index in [2.05, 4.69) is 11.4 Å². The molecule has 0 spiro atoms. The van der Waals surface area contributed by atoms with E-state index in [9.17, 15) is 9.59 Å². The molecule has 128 valence electrons. The molecule has 1 amide bonds. The summed E-state index contributed by atoms with van der Waals surface area (Å²) in [6.07, 6.45) is 2.43. The van der Waals surface area contributed by atoms with Crippen LogP contribution in [0.4, 0.5) is 4.79 Å². The zero-order valence-electron chi connectivity index (χ0n) is 14.8. The van der Waals surface area contributed by atoms with Crippen LogP contribution in [0.1, 0.15) is 45.7 Å². The number of alkyl carbamates (subject to hydrolysis) is 1. The molecule has 0 saturated heterocycles. The van der Waals surface area contributed by atoms with Gasteiger partial charge in [-0.25, -0.2) is 4.79 Å². The quantitative estimate of drug-likeness (QED) is 0.836. The number of benzene rings is 1. The fourth-order valence-corrected chi connectivity index (χ4v) is 1.99. The lowest BCUT2D eigenvalue weighted by molar-refractivity contribution is -0.117. The van der Waals surface area contributed by atoms with Crippen LogP contribution >= 0.6 is 0 Å². The van der Waals surface area contributed by atoms with E-state index in [1.807, 2.05) is 13.8 Å². The summed E-state index contributed by atoms with van der Waals surface area (Å²) >= 11 is 0. The first kappa shape index (κ1) is 19.4. The molecule has 1 unspecified atom stereocenters. The SMILES string of the molecule is CC(C)C(NC(=O)OC(C)(C)C)C(=O)/C=C\c1cccc(C#N)c1. The standard InChI is InChI=1S/C19H24N2O3/c1-13(2)17(21-18(23)24-19(3,4)5)16(22)10-9-14-7-6-8-15(11-14)12-20/h6-11,13,17H,1-5H3,(H,21,23)/b10-9-. The number of ketones is 1. The zero-order chi connectivity index (χ0) is 18.3. The van der Waals surface area contributed by atoms with E-state index < -0.39 is 17.7 Å². The highest BCUT2D eigenvalue weighted by molar-refractivity contribution is 5.99. The van der Waals surface area contributed by atoms with Crippen LogP contribution in [0.15, 0.2) is 30.3 Å². The normalized spacial score (nSPS) is 12.7. The van der Waals surface area contributed by atoms with Crippen molar-refractivity contribution in [1.82, 2.24) is 5.32 Å². The van der Waals surface area contributed by atoms with Crippen molar-refractivity contribution in [2.24, 2.45) is 5.92 Å². The number of nitrogens with one attached hydrogen (secondary N) is 1. The molecule has 1 aromatic carbocycles. The zero-order valence-corrected chi connectivity index (χ0v) is 14.8. The van der Waals surface area contributed by atoms with Gasteiger partial charge >= 0.3 is 6.09 Å². The van der Waals surface area contributed by atoms with Crippen LogP contribution in [0.25, 0.3) is 6.08 Å². The predicted octanol–water partition coefficient (Wildman–Crippen LogP) is 3.69. The van der Waals surface area contributed by atoms with E-state index in [4.69, 9.17) is 10.00 Å². The number of rotatable bonds is 5. The molecule has 24 heavy (non-hydrogen) atoms. The second-order valence-corrected chi connectivity index (χ2v) is 6.84. The molecule has 1 aromatic rings. The van der Waals surface area contributed by atoms with Gasteiger partial charge in [0, 0.05) is 0 Å². The Hall–Kier alpha value is -2.61. The minimum atomic E-state index is -0.671. The maximum absolute atomic E-state index is 12.4. The lowest BCUT2D eigenvalue weighted by Gasteiger charge is -2.24. The summed E-state index contributed by atoms with van der Waals surface area (Å²) < 4.78 is 5.20. The molecular weight excluding hydrogens is 304 g/mol. The van der Waals surface area contributed by atoms with Gasteiger partial charge in [0.25, 0.3) is 0 Å². The maximum Gasteiger partial charge on any atom is 0.408 e. The summed E-state index contributed by atoms with van der Waals surface area (Å²) in [7, 11) is 0. The molecule has 0 radical (unpaired) electrons. The lowest BCUT2D eigenvalue weighted by Crippen LogP contribution is -2.45. The highest BCUT2D eigenvalue weighted by atomic mass is 16.6. The molecule has 1 atom stereocenters. The van der Waals surface area contributed by atoms with Crippen LogP contribution in [0.5, 0.6) is 0 Å². The number of ether oxygens (including phenoxy) is 1. The van der Waals surface area contributed by atoms with Gasteiger partial charge in [0.2, 0.25) is 0 Å². The monoisotopic (exact) mass is 328 g/mol. The van der Waals surface area contributed by atoms with Crippen LogP contribution in [-0.4, -0.2) is 23.5 Å². The van der Waals surface area contributed by atoms with Gasteiger partial charge in [-0.3, -0.25) is 4.79 Å². The van der Waals surface area contributed by atoms with Gasteiger partial charge in [0.05, 0.1) is 17.7 Å². The second kappa shape index (κ2) is 8.30. The first-order chi connectivity index (χ1) is 11.1. The van der Waals surface area contributed by atoms with Gasteiger partial charge in [0.15, 0.2) is 5.78 Å². The largest absolute Gasteiger partial charge is 0.444 e. The van der Waals surface area contributed by atoms with Crippen molar-refractivity contribution in [2.75, 3.05) is 0 Å². The topological polar surface area (TPSA) is 79.2 Å². The van der Waals surface area contributed by atoms with Crippen molar-refractivity contribution in [2.45, 2.75) is 46.3 Å². The molecule has 5 heteroatoms. The maximum atomic E-state index is 12.4. The van der Waals surface area contributed by atoms with Crippen molar-refractivity contribution >= 4 is 18.0 Å². The highest BCUT2D eigenvalue weighted by Crippen LogP contribution is 2.11. The Kier molecular flexibility index (Phi) is 6.72. The van der Waals surface area contributed by atoms with Crippen molar-refractivity contribution in [1.29, 1.82) is 5.26 Å². The van der Waals surface area contributed by atoms with Crippen LogP contribution in [-0.2, 0) is 9.53 Å². The van der Waals surface area contributed by atoms with Crippen LogP contribution in [0, 0.1) is 17.2 Å². The van der Waals surface area contributed by atoms with Crippen molar-refractivity contribution in [3.8, 4) is 6.07 Å². The molecule has 0 bridgehead atoms. The third-order valence-corrected chi connectivity index (χ3v) is 3.10. The van der Waals surface area contributed by atoms with Crippen molar-refractivity contribution in [3.05, 3.63) is 41.5 Å². The van der Waals surface area contributed by atoms with Crippen molar-refractivity contribution < 1.29 is 14.3 Å². The molecule has 0 aliphatic heterocycles. The Morgan fingerprint density at radius 3 is 2.50 bits per heavy atom. The van der Waals surface area contributed by atoms with Crippen molar-refractivity contribution in [3.63, 3.8) is 0 Å². The first-order valence-electron chi connectivity index (χ1n) is 7.84. The van der Waals surface area contributed by atoms with Gasteiger partial charge in [0.1, 0.15) is 5.60 Å². The first-order valence-corrected chi connectivity index (χ1v) is 7.84. The van der Waals surface area contributed by atoms with Crippen LogP contribution in [0.2, 0.25) is 0 Å². The Balaban J connectivity index is 2.81. The average Bonchev–Trinajstić information content (AvgIpc) is 2.48. The van der Waals surface area contributed by atoms with Gasteiger partial charge in [-0.15, -0.1) is 0 Å².